The molecule has 1 fully saturated rings. The summed E-state index contributed by atoms with van der Waals surface area (Å²) in [6.07, 6.45) is 1.90. The lowest BCUT2D eigenvalue weighted by Crippen LogP contribution is -2.40. The first-order valence-corrected chi connectivity index (χ1v) is 7.15. The summed E-state index contributed by atoms with van der Waals surface area (Å²) < 4.78 is 10.5. The monoisotopic (exact) mass is 286 g/mol. The SMILES string of the molecule is Cc1ccc(-c2cc(C(=O)NC3CCCOC3)on2)cc1. The Hall–Kier alpha value is -2.14. The van der Waals surface area contributed by atoms with Crippen LogP contribution in [0.1, 0.15) is 29.0 Å². The van der Waals surface area contributed by atoms with Crippen LogP contribution in [0.3, 0.4) is 0 Å². The van der Waals surface area contributed by atoms with Crippen LogP contribution in [0.5, 0.6) is 0 Å². The Morgan fingerprint density at radius 1 is 1.33 bits per heavy atom. The number of benzene rings is 1. The maximum atomic E-state index is 12.1. The Bertz CT molecular complexity index is 613. The Balaban J connectivity index is 1.69. The van der Waals surface area contributed by atoms with Crippen molar-refractivity contribution in [1.29, 1.82) is 0 Å². The van der Waals surface area contributed by atoms with E-state index in [1.165, 1.54) is 5.56 Å². The van der Waals surface area contributed by atoms with Gasteiger partial charge in [-0.2, -0.15) is 0 Å². The normalized spacial score (nSPS) is 18.4. The zero-order chi connectivity index (χ0) is 14.7. The third-order valence-corrected chi connectivity index (χ3v) is 3.58. The summed E-state index contributed by atoms with van der Waals surface area (Å²) in [4.78, 5) is 12.1. The summed E-state index contributed by atoms with van der Waals surface area (Å²) >= 11 is 0. The molecule has 1 aromatic heterocycles. The summed E-state index contributed by atoms with van der Waals surface area (Å²) in [5, 5.41) is 6.87. The quantitative estimate of drug-likeness (QED) is 0.941. The average Bonchev–Trinajstić information content (AvgIpc) is 2.99. The van der Waals surface area contributed by atoms with Gasteiger partial charge in [0.1, 0.15) is 5.69 Å². The molecule has 1 N–H and O–H groups in total. The van der Waals surface area contributed by atoms with E-state index >= 15 is 0 Å². The molecule has 0 saturated carbocycles. The third kappa shape index (κ3) is 3.31. The predicted molar refractivity (Wildman–Crippen MR) is 78.0 cm³/mol. The molecule has 0 bridgehead atoms. The van der Waals surface area contributed by atoms with Gasteiger partial charge in [-0.05, 0) is 19.8 Å². The van der Waals surface area contributed by atoms with Gasteiger partial charge in [-0.3, -0.25) is 4.79 Å². The van der Waals surface area contributed by atoms with Gasteiger partial charge in [0.25, 0.3) is 5.91 Å². The van der Waals surface area contributed by atoms with Crippen LogP contribution < -0.4 is 5.32 Å². The summed E-state index contributed by atoms with van der Waals surface area (Å²) in [7, 11) is 0. The van der Waals surface area contributed by atoms with Crippen molar-refractivity contribution in [3.63, 3.8) is 0 Å². The maximum Gasteiger partial charge on any atom is 0.290 e. The first kappa shape index (κ1) is 13.8. The molecular formula is C16H18N2O3. The summed E-state index contributed by atoms with van der Waals surface area (Å²) in [5.41, 5.74) is 2.78. The molecule has 3 rings (SSSR count). The van der Waals surface area contributed by atoms with Gasteiger partial charge >= 0.3 is 0 Å². The lowest BCUT2D eigenvalue weighted by atomic mass is 10.1. The van der Waals surface area contributed by atoms with Gasteiger partial charge in [0.2, 0.25) is 5.76 Å². The van der Waals surface area contributed by atoms with Crippen molar-refractivity contribution in [3.8, 4) is 11.3 Å². The number of rotatable bonds is 3. The number of hydrogen-bond acceptors (Lipinski definition) is 4. The van der Waals surface area contributed by atoms with Crippen molar-refractivity contribution in [2.24, 2.45) is 0 Å². The lowest BCUT2D eigenvalue weighted by molar-refractivity contribution is 0.0608. The van der Waals surface area contributed by atoms with Crippen molar-refractivity contribution in [1.82, 2.24) is 10.5 Å². The first-order valence-electron chi connectivity index (χ1n) is 7.15. The van der Waals surface area contributed by atoms with E-state index in [4.69, 9.17) is 9.26 Å². The minimum atomic E-state index is -0.239. The molecule has 1 saturated heterocycles. The lowest BCUT2D eigenvalue weighted by Gasteiger charge is -2.22. The fourth-order valence-corrected chi connectivity index (χ4v) is 2.35. The van der Waals surface area contributed by atoms with Gasteiger partial charge in [0, 0.05) is 18.2 Å². The highest BCUT2D eigenvalue weighted by atomic mass is 16.5. The van der Waals surface area contributed by atoms with Crippen molar-refractivity contribution >= 4 is 5.91 Å². The van der Waals surface area contributed by atoms with E-state index in [0.29, 0.717) is 12.3 Å². The number of aromatic nitrogens is 1. The summed E-state index contributed by atoms with van der Waals surface area (Å²) in [6, 6.07) is 9.66. The zero-order valence-electron chi connectivity index (χ0n) is 12.0. The molecule has 0 radical (unpaired) electrons. The molecule has 5 nitrogen and oxygen atoms in total. The molecule has 5 heteroatoms. The highest BCUT2D eigenvalue weighted by Gasteiger charge is 2.20. The number of aryl methyl sites for hydroxylation is 1. The molecule has 1 aliphatic heterocycles. The minimum Gasteiger partial charge on any atom is -0.379 e. The Morgan fingerprint density at radius 3 is 2.86 bits per heavy atom. The molecule has 2 heterocycles. The van der Waals surface area contributed by atoms with Gasteiger partial charge in [0.05, 0.1) is 12.6 Å². The largest absolute Gasteiger partial charge is 0.379 e. The van der Waals surface area contributed by atoms with Crippen LogP contribution in [0.25, 0.3) is 11.3 Å². The zero-order valence-corrected chi connectivity index (χ0v) is 12.0. The number of carbonyl (C=O) groups excluding carboxylic acids is 1. The fraction of sp³-hybridized carbons (Fsp3) is 0.375. The maximum absolute atomic E-state index is 12.1. The second-order valence-electron chi connectivity index (χ2n) is 5.33. The Labute approximate surface area is 123 Å². The molecule has 1 aliphatic rings. The molecule has 0 spiro atoms. The Kier molecular flexibility index (Phi) is 4.01. The number of amides is 1. The van der Waals surface area contributed by atoms with Crippen LogP contribution in [0.15, 0.2) is 34.9 Å². The van der Waals surface area contributed by atoms with Crippen molar-refractivity contribution < 1.29 is 14.1 Å². The number of carbonyl (C=O) groups is 1. The summed E-state index contributed by atoms with van der Waals surface area (Å²) in [6.45, 7) is 3.36. The van der Waals surface area contributed by atoms with Gasteiger partial charge < -0.3 is 14.6 Å². The highest BCUT2D eigenvalue weighted by molar-refractivity contribution is 5.92. The van der Waals surface area contributed by atoms with Crippen molar-refractivity contribution in [3.05, 3.63) is 41.7 Å². The van der Waals surface area contributed by atoms with Gasteiger partial charge in [-0.15, -0.1) is 0 Å². The van der Waals surface area contributed by atoms with Gasteiger partial charge in [0.15, 0.2) is 0 Å². The molecule has 1 unspecified atom stereocenters. The van der Waals surface area contributed by atoms with E-state index in [1.807, 2.05) is 31.2 Å². The van der Waals surface area contributed by atoms with Crippen LogP contribution in [0.4, 0.5) is 0 Å². The standard InChI is InChI=1S/C16H18N2O3/c1-11-4-6-12(7-5-11)14-9-15(21-18-14)16(19)17-13-3-2-8-20-10-13/h4-7,9,13H,2-3,8,10H2,1H3,(H,17,19). The number of nitrogens with zero attached hydrogens (tertiary/aromatic N) is 1. The topological polar surface area (TPSA) is 64.4 Å². The Morgan fingerprint density at radius 2 is 2.14 bits per heavy atom. The third-order valence-electron chi connectivity index (χ3n) is 3.58. The van der Waals surface area contributed by atoms with Crippen LogP contribution in [0, 0.1) is 6.92 Å². The van der Waals surface area contributed by atoms with E-state index in [0.717, 1.165) is 25.0 Å². The van der Waals surface area contributed by atoms with E-state index in [-0.39, 0.29) is 17.7 Å². The summed E-state index contributed by atoms with van der Waals surface area (Å²) in [5.74, 6) is -0.00694. The van der Waals surface area contributed by atoms with E-state index < -0.39 is 0 Å². The molecule has 110 valence electrons. The van der Waals surface area contributed by atoms with Gasteiger partial charge in [-0.25, -0.2) is 0 Å². The predicted octanol–water partition coefficient (Wildman–Crippen LogP) is 2.56. The molecule has 0 aliphatic carbocycles. The fourth-order valence-electron chi connectivity index (χ4n) is 2.35. The van der Waals surface area contributed by atoms with E-state index in [1.54, 1.807) is 6.07 Å². The minimum absolute atomic E-state index is 0.0548. The average molecular weight is 286 g/mol. The second kappa shape index (κ2) is 6.10. The second-order valence-corrected chi connectivity index (χ2v) is 5.33. The van der Waals surface area contributed by atoms with Gasteiger partial charge in [-0.1, -0.05) is 35.0 Å². The molecule has 1 amide bonds. The van der Waals surface area contributed by atoms with Crippen molar-refractivity contribution in [2.75, 3.05) is 13.2 Å². The number of ether oxygens (including phenoxy) is 1. The molecule has 1 atom stereocenters. The number of hydrogen-bond donors (Lipinski definition) is 1. The van der Waals surface area contributed by atoms with Crippen LogP contribution >= 0.6 is 0 Å². The highest BCUT2D eigenvalue weighted by Crippen LogP contribution is 2.19. The van der Waals surface area contributed by atoms with Crippen LogP contribution in [-0.4, -0.2) is 30.3 Å². The van der Waals surface area contributed by atoms with E-state index in [9.17, 15) is 4.79 Å². The van der Waals surface area contributed by atoms with Crippen molar-refractivity contribution in [2.45, 2.75) is 25.8 Å². The van der Waals surface area contributed by atoms with E-state index in [2.05, 4.69) is 10.5 Å². The molecule has 1 aromatic carbocycles. The number of nitrogens with one attached hydrogen (secondary N) is 1. The molecule has 21 heavy (non-hydrogen) atoms. The smallest absolute Gasteiger partial charge is 0.290 e. The van der Waals surface area contributed by atoms with Crippen LogP contribution in [0.2, 0.25) is 0 Å². The molecular weight excluding hydrogens is 268 g/mol. The van der Waals surface area contributed by atoms with Crippen LogP contribution in [-0.2, 0) is 4.74 Å². The first-order chi connectivity index (χ1) is 10.2. The molecule has 2 aromatic rings.